The zero-order valence-electron chi connectivity index (χ0n) is 25.3. The van der Waals surface area contributed by atoms with Crippen LogP contribution in [0, 0.1) is 19.7 Å². The van der Waals surface area contributed by atoms with Gasteiger partial charge in [-0.25, -0.2) is 13.9 Å². The summed E-state index contributed by atoms with van der Waals surface area (Å²) in [6.45, 7) is 8.15. The van der Waals surface area contributed by atoms with Gasteiger partial charge in [0.15, 0.2) is 5.82 Å². The third-order valence-corrected chi connectivity index (χ3v) is 7.99. The van der Waals surface area contributed by atoms with Crippen LogP contribution in [0.4, 0.5) is 27.3 Å². The van der Waals surface area contributed by atoms with Gasteiger partial charge >= 0.3 is 0 Å². The van der Waals surface area contributed by atoms with Gasteiger partial charge < -0.3 is 25.6 Å². The van der Waals surface area contributed by atoms with E-state index in [0.29, 0.717) is 71.4 Å². The minimum Gasteiger partial charge on any atom is -0.378 e. The van der Waals surface area contributed by atoms with Crippen molar-refractivity contribution in [3.63, 3.8) is 0 Å². The average Bonchev–Trinajstić information content (AvgIpc) is 3.39. The highest BCUT2D eigenvalue weighted by molar-refractivity contribution is 6.05. The van der Waals surface area contributed by atoms with Gasteiger partial charge in [-0.1, -0.05) is 43.8 Å². The second-order valence-corrected chi connectivity index (χ2v) is 11.1. The summed E-state index contributed by atoms with van der Waals surface area (Å²) in [5, 5.41) is 13.6. The van der Waals surface area contributed by atoms with Crippen LogP contribution in [0.15, 0.2) is 79.3 Å². The van der Waals surface area contributed by atoms with Crippen LogP contribution in [0.5, 0.6) is 0 Å². The number of anilines is 4. The Balaban J connectivity index is 0.00000417. The zero-order valence-corrected chi connectivity index (χ0v) is 25.3. The van der Waals surface area contributed by atoms with Gasteiger partial charge in [0.1, 0.15) is 17.7 Å². The molecule has 10 nitrogen and oxygen atoms in total. The van der Waals surface area contributed by atoms with Crippen molar-refractivity contribution in [2.75, 3.05) is 41.8 Å². The van der Waals surface area contributed by atoms with Crippen LogP contribution >= 0.6 is 0 Å². The molecule has 238 valence electrons. The van der Waals surface area contributed by atoms with Crippen LogP contribution in [-0.2, 0) is 4.74 Å². The molecule has 1 aliphatic rings. The summed E-state index contributed by atoms with van der Waals surface area (Å²) in [6.07, 6.45) is 3.09. The lowest BCUT2D eigenvalue weighted by Gasteiger charge is -2.29. The van der Waals surface area contributed by atoms with Gasteiger partial charge in [0.2, 0.25) is 0 Å². The van der Waals surface area contributed by atoms with Gasteiger partial charge in [0.25, 0.3) is 11.8 Å². The molecule has 0 bridgehead atoms. The molecule has 1 fully saturated rings. The molecule has 46 heavy (non-hydrogen) atoms. The quantitative estimate of drug-likeness (QED) is 0.182. The van der Waals surface area contributed by atoms with Crippen molar-refractivity contribution in [2.45, 2.75) is 34.2 Å². The number of aryl methyl sites for hydroxylation is 2. The number of carbonyl (C=O) groups excluding carboxylic acids is 2. The molecule has 0 aliphatic carbocycles. The molecule has 1 atom stereocenters. The first-order valence-corrected chi connectivity index (χ1v) is 14.8. The van der Waals surface area contributed by atoms with Gasteiger partial charge in [-0.2, -0.15) is 5.10 Å². The highest BCUT2D eigenvalue weighted by Crippen LogP contribution is 2.29. The molecule has 1 unspecified atom stereocenters. The first-order chi connectivity index (χ1) is 21.8. The van der Waals surface area contributed by atoms with Crippen LogP contribution in [-0.4, -0.2) is 52.7 Å². The number of hydrogen-bond acceptors (Lipinski definition) is 7. The summed E-state index contributed by atoms with van der Waals surface area (Å²) in [7, 11) is 0. The Morgan fingerprint density at radius 3 is 2.50 bits per heavy atom. The topological polar surface area (TPSA) is 113 Å². The third kappa shape index (κ3) is 6.84. The van der Waals surface area contributed by atoms with E-state index in [1.165, 1.54) is 18.5 Å². The van der Waals surface area contributed by atoms with E-state index in [4.69, 9.17) is 4.74 Å². The number of morpholine rings is 1. The standard InChI is InChI=1S/C34H34FN7O3.CH4/c1-21-9-10-25(33(43)39-27-16-26(35)17-28(18-27)41-11-13-45-14-12-41)15-30(21)40-32-31-22(2)29(19-42(31)37-20-36-32)34(44)38-23(3)24-7-5-4-6-8-24;/h4-10,15-20,23H,11-14H2,1-3H3,(H,38,44)(H,39,43)(H,36,37,40);1H4. The lowest BCUT2D eigenvalue weighted by molar-refractivity contribution is 0.0938. The number of nitrogens with one attached hydrogen (secondary N) is 3. The Morgan fingerprint density at radius 2 is 1.74 bits per heavy atom. The number of aromatic nitrogens is 3. The first kappa shape index (κ1) is 32.1. The monoisotopic (exact) mass is 623 g/mol. The normalized spacial score (nSPS) is 13.5. The van der Waals surface area contributed by atoms with Crippen LogP contribution in [0.1, 0.15) is 57.8 Å². The van der Waals surface area contributed by atoms with Crippen LogP contribution in [0.25, 0.3) is 5.52 Å². The number of benzene rings is 3. The molecule has 5 aromatic rings. The summed E-state index contributed by atoms with van der Waals surface area (Å²) in [5.41, 5.74) is 5.81. The number of nitrogens with zero attached hydrogens (tertiary/aromatic N) is 4. The van der Waals surface area contributed by atoms with Crippen molar-refractivity contribution in [3.05, 3.63) is 113 Å². The minimum atomic E-state index is -0.432. The molecule has 3 heterocycles. The van der Waals surface area contributed by atoms with E-state index >= 15 is 0 Å². The summed E-state index contributed by atoms with van der Waals surface area (Å²) in [5.74, 6) is -0.545. The molecule has 0 saturated carbocycles. The Hall–Kier alpha value is -5.29. The fourth-order valence-electron chi connectivity index (χ4n) is 5.46. The van der Waals surface area contributed by atoms with Gasteiger partial charge in [-0.05, 0) is 67.8 Å². The molecular weight excluding hydrogens is 585 g/mol. The molecule has 2 amide bonds. The van der Waals surface area contributed by atoms with Gasteiger partial charge in [0.05, 0.1) is 24.8 Å². The maximum absolute atomic E-state index is 14.5. The number of amides is 2. The summed E-state index contributed by atoms with van der Waals surface area (Å²) in [4.78, 5) is 33.1. The van der Waals surface area contributed by atoms with E-state index in [1.807, 2.05) is 62.1 Å². The number of halogens is 1. The molecule has 3 aromatic carbocycles. The maximum atomic E-state index is 14.5. The second kappa shape index (κ2) is 13.8. The Morgan fingerprint density at radius 1 is 0.978 bits per heavy atom. The largest absolute Gasteiger partial charge is 0.378 e. The van der Waals surface area contributed by atoms with Crippen LogP contribution < -0.4 is 20.9 Å². The molecule has 1 saturated heterocycles. The van der Waals surface area contributed by atoms with Gasteiger partial charge in [0, 0.05) is 41.9 Å². The molecule has 2 aromatic heterocycles. The predicted molar refractivity (Wildman–Crippen MR) is 179 cm³/mol. The maximum Gasteiger partial charge on any atom is 0.255 e. The fraction of sp³-hybridized carbons (Fsp3) is 0.257. The number of carbonyl (C=O) groups is 2. The van der Waals surface area contributed by atoms with Crippen molar-refractivity contribution < 1.29 is 18.7 Å². The summed E-state index contributed by atoms with van der Waals surface area (Å²) < 4.78 is 21.5. The SMILES string of the molecule is C.Cc1ccc(C(=O)Nc2cc(F)cc(N3CCOCC3)c2)cc1Nc1ncnn2cc(C(=O)NC(C)c3ccccc3)c(C)c12. The number of fused-ring (bicyclic) bond motifs is 1. The van der Waals surface area contributed by atoms with E-state index in [0.717, 1.165) is 11.1 Å². The number of ether oxygens (including phenoxy) is 1. The Kier molecular flexibility index (Phi) is 9.62. The van der Waals surface area contributed by atoms with Crippen molar-refractivity contribution >= 4 is 40.2 Å². The van der Waals surface area contributed by atoms with Crippen molar-refractivity contribution in [1.29, 1.82) is 0 Å². The summed E-state index contributed by atoms with van der Waals surface area (Å²) >= 11 is 0. The highest BCUT2D eigenvalue weighted by atomic mass is 19.1. The van der Waals surface area contributed by atoms with Crippen LogP contribution in [0.2, 0.25) is 0 Å². The predicted octanol–water partition coefficient (Wildman–Crippen LogP) is 6.44. The molecule has 0 radical (unpaired) electrons. The molecule has 6 rings (SSSR count). The lowest BCUT2D eigenvalue weighted by atomic mass is 10.1. The smallest absolute Gasteiger partial charge is 0.255 e. The third-order valence-electron chi connectivity index (χ3n) is 7.99. The Labute approximate surface area is 267 Å². The van der Waals surface area contributed by atoms with Gasteiger partial charge in [-0.15, -0.1) is 0 Å². The van der Waals surface area contributed by atoms with Crippen molar-refractivity contribution in [2.24, 2.45) is 0 Å². The van der Waals surface area contributed by atoms with Gasteiger partial charge in [-0.3, -0.25) is 9.59 Å². The average molecular weight is 624 g/mol. The highest BCUT2D eigenvalue weighted by Gasteiger charge is 2.21. The van der Waals surface area contributed by atoms with E-state index in [1.54, 1.807) is 28.9 Å². The van der Waals surface area contributed by atoms with Crippen LogP contribution in [0.3, 0.4) is 0 Å². The second-order valence-electron chi connectivity index (χ2n) is 11.1. The van der Waals surface area contributed by atoms with E-state index in [9.17, 15) is 14.0 Å². The van der Waals surface area contributed by atoms with Crippen molar-refractivity contribution in [3.8, 4) is 0 Å². The first-order valence-electron chi connectivity index (χ1n) is 14.8. The zero-order chi connectivity index (χ0) is 31.5. The minimum absolute atomic E-state index is 0. The Bertz CT molecular complexity index is 1870. The lowest BCUT2D eigenvalue weighted by Crippen LogP contribution is -2.36. The van der Waals surface area contributed by atoms with E-state index in [-0.39, 0.29) is 25.3 Å². The number of hydrogen-bond donors (Lipinski definition) is 3. The molecule has 3 N–H and O–H groups in total. The molecule has 0 spiro atoms. The fourth-order valence-corrected chi connectivity index (χ4v) is 5.46. The molecule has 1 aliphatic heterocycles. The van der Waals surface area contributed by atoms with Crippen molar-refractivity contribution in [1.82, 2.24) is 19.9 Å². The number of rotatable bonds is 8. The van der Waals surface area contributed by atoms with E-state index < -0.39 is 5.82 Å². The molecular formula is C35H38FN7O3. The van der Waals surface area contributed by atoms with E-state index in [2.05, 4.69) is 26.0 Å². The molecule has 11 heteroatoms. The summed E-state index contributed by atoms with van der Waals surface area (Å²) in [6, 6.07) is 19.4.